The van der Waals surface area contributed by atoms with Crippen LogP contribution in [-0.2, 0) is 4.79 Å². The van der Waals surface area contributed by atoms with Crippen LogP contribution in [0.2, 0.25) is 0 Å². The van der Waals surface area contributed by atoms with Crippen molar-refractivity contribution >= 4 is 5.97 Å². The normalized spacial score (nSPS) is 12.9. The Kier molecular flexibility index (Phi) is 5.90. The van der Waals surface area contributed by atoms with Crippen LogP contribution in [0.4, 0.5) is 0 Å². The smallest absolute Gasteiger partial charge is 0.306 e. The molecule has 0 aliphatic heterocycles. The van der Waals surface area contributed by atoms with Gasteiger partial charge in [-0.1, -0.05) is 33.1 Å². The van der Waals surface area contributed by atoms with Crippen molar-refractivity contribution in [3.63, 3.8) is 0 Å². The molecule has 0 aromatic rings. The van der Waals surface area contributed by atoms with E-state index in [1.807, 2.05) is 0 Å². The Morgan fingerprint density at radius 3 is 2.55 bits per heavy atom. The molecule has 0 saturated heterocycles. The summed E-state index contributed by atoms with van der Waals surface area (Å²) in [5, 5.41) is 8.63. The van der Waals surface area contributed by atoms with Gasteiger partial charge in [-0.2, -0.15) is 0 Å². The summed E-state index contributed by atoms with van der Waals surface area (Å²) in [5.41, 5.74) is 0. The molecule has 65 valence electrons. The minimum atomic E-state index is -0.698. The number of carboxylic acids is 1. The second-order valence-corrected chi connectivity index (χ2v) is 2.82. The molecule has 0 amide bonds. The first kappa shape index (κ1) is 10.5. The van der Waals surface area contributed by atoms with Gasteiger partial charge >= 0.3 is 5.97 Å². The first-order valence-corrected chi connectivity index (χ1v) is 4.24. The zero-order chi connectivity index (χ0) is 8.69. The van der Waals surface area contributed by atoms with Crippen molar-refractivity contribution < 1.29 is 9.90 Å². The summed E-state index contributed by atoms with van der Waals surface area (Å²) in [6.07, 6.45) is 4.59. The summed E-state index contributed by atoms with van der Waals surface area (Å²) < 4.78 is 0. The maximum Gasteiger partial charge on any atom is 0.306 e. The van der Waals surface area contributed by atoms with Gasteiger partial charge in [0.15, 0.2) is 0 Å². The van der Waals surface area contributed by atoms with E-state index in [1.54, 1.807) is 0 Å². The average molecular weight is 157 g/mol. The van der Waals surface area contributed by atoms with Crippen molar-refractivity contribution in [2.45, 2.75) is 39.0 Å². The van der Waals surface area contributed by atoms with E-state index < -0.39 is 5.97 Å². The summed E-state index contributed by atoms with van der Waals surface area (Å²) in [6.45, 7) is 5.72. The van der Waals surface area contributed by atoms with Gasteiger partial charge in [0, 0.05) is 0 Å². The zero-order valence-electron chi connectivity index (χ0n) is 7.18. The minimum Gasteiger partial charge on any atom is -0.481 e. The van der Waals surface area contributed by atoms with Crippen LogP contribution in [-0.4, -0.2) is 11.1 Å². The molecule has 0 aromatic heterocycles. The van der Waals surface area contributed by atoms with Gasteiger partial charge in [-0.25, -0.2) is 0 Å². The topological polar surface area (TPSA) is 37.3 Å². The molecule has 0 aliphatic rings. The Hall–Kier alpha value is -0.530. The molecule has 0 rings (SSSR count). The van der Waals surface area contributed by atoms with E-state index in [1.165, 1.54) is 0 Å². The van der Waals surface area contributed by atoms with Crippen molar-refractivity contribution in [1.29, 1.82) is 0 Å². The van der Waals surface area contributed by atoms with Crippen molar-refractivity contribution in [3.05, 3.63) is 6.92 Å². The highest BCUT2D eigenvalue weighted by Crippen LogP contribution is 2.12. The first-order chi connectivity index (χ1) is 5.22. The molecule has 0 fully saturated rings. The minimum absolute atomic E-state index is 0.221. The fraction of sp³-hybridized carbons (Fsp3) is 0.778. The van der Waals surface area contributed by atoms with E-state index >= 15 is 0 Å². The molecule has 0 saturated carbocycles. The molecule has 0 aliphatic carbocycles. The van der Waals surface area contributed by atoms with E-state index in [0.29, 0.717) is 6.42 Å². The average Bonchev–Trinajstić information content (AvgIpc) is 1.97. The predicted molar refractivity (Wildman–Crippen MR) is 45.2 cm³/mol. The Balaban J connectivity index is 3.44. The lowest BCUT2D eigenvalue weighted by Crippen LogP contribution is -2.12. The summed E-state index contributed by atoms with van der Waals surface area (Å²) in [5.74, 6) is -0.919. The third-order valence-corrected chi connectivity index (χ3v) is 1.85. The van der Waals surface area contributed by atoms with Gasteiger partial charge in [-0.05, 0) is 12.8 Å². The number of aliphatic carboxylic acids is 1. The maximum atomic E-state index is 10.5. The summed E-state index contributed by atoms with van der Waals surface area (Å²) >= 11 is 0. The van der Waals surface area contributed by atoms with Gasteiger partial charge in [-0.3, -0.25) is 4.79 Å². The fourth-order valence-corrected chi connectivity index (χ4v) is 1.03. The lowest BCUT2D eigenvalue weighted by molar-refractivity contribution is -0.141. The van der Waals surface area contributed by atoms with Crippen LogP contribution >= 0.6 is 0 Å². The van der Waals surface area contributed by atoms with Crippen LogP contribution in [0.15, 0.2) is 0 Å². The van der Waals surface area contributed by atoms with E-state index in [0.717, 1.165) is 25.7 Å². The lowest BCUT2D eigenvalue weighted by Gasteiger charge is -2.07. The van der Waals surface area contributed by atoms with E-state index in [9.17, 15) is 4.79 Å². The Bertz CT molecular complexity index is 110. The predicted octanol–water partition coefficient (Wildman–Crippen LogP) is 2.49. The van der Waals surface area contributed by atoms with Crippen molar-refractivity contribution in [2.75, 3.05) is 0 Å². The Morgan fingerprint density at radius 1 is 1.55 bits per heavy atom. The highest BCUT2D eigenvalue weighted by Gasteiger charge is 2.13. The first-order valence-electron chi connectivity index (χ1n) is 4.24. The van der Waals surface area contributed by atoms with Crippen LogP contribution < -0.4 is 0 Å². The van der Waals surface area contributed by atoms with Crippen molar-refractivity contribution in [2.24, 2.45) is 5.92 Å². The van der Waals surface area contributed by atoms with Crippen molar-refractivity contribution in [3.8, 4) is 0 Å². The molecule has 1 radical (unpaired) electrons. The highest BCUT2D eigenvalue weighted by atomic mass is 16.4. The van der Waals surface area contributed by atoms with Crippen LogP contribution in [0.25, 0.3) is 0 Å². The number of carbonyl (C=O) groups is 1. The quantitative estimate of drug-likeness (QED) is 0.601. The molecule has 0 spiro atoms. The number of hydrogen-bond donors (Lipinski definition) is 1. The van der Waals surface area contributed by atoms with Gasteiger partial charge < -0.3 is 5.11 Å². The number of carboxylic acid groups (broad SMARTS) is 1. The fourth-order valence-electron chi connectivity index (χ4n) is 1.03. The Morgan fingerprint density at radius 2 is 2.18 bits per heavy atom. The molecule has 1 unspecified atom stereocenters. The number of hydrogen-bond acceptors (Lipinski definition) is 1. The molecule has 2 heteroatoms. The number of unbranched alkanes of at least 4 members (excludes halogenated alkanes) is 2. The molecule has 1 atom stereocenters. The summed E-state index contributed by atoms with van der Waals surface area (Å²) in [6, 6.07) is 0. The maximum absolute atomic E-state index is 10.5. The Labute approximate surface area is 68.6 Å². The molecule has 0 aromatic carbocycles. The summed E-state index contributed by atoms with van der Waals surface area (Å²) in [4.78, 5) is 10.5. The van der Waals surface area contributed by atoms with Gasteiger partial charge in [-0.15, -0.1) is 0 Å². The molecule has 0 bridgehead atoms. The third-order valence-electron chi connectivity index (χ3n) is 1.85. The van der Waals surface area contributed by atoms with E-state index in [4.69, 9.17) is 5.11 Å². The van der Waals surface area contributed by atoms with Gasteiger partial charge in [0.1, 0.15) is 0 Å². The molecular formula is C9H17O2. The second-order valence-electron chi connectivity index (χ2n) is 2.82. The molecule has 2 nitrogen and oxygen atoms in total. The van der Waals surface area contributed by atoms with E-state index in [2.05, 4.69) is 13.8 Å². The largest absolute Gasteiger partial charge is 0.481 e. The van der Waals surface area contributed by atoms with Crippen LogP contribution in [0.1, 0.15) is 39.0 Å². The standard InChI is InChI=1S/C9H17O2/c1-3-5-6-7-8(4-2)9(10)11/h8H,2-7H2,1H3,(H,10,11). The van der Waals surface area contributed by atoms with E-state index in [-0.39, 0.29) is 5.92 Å². The second kappa shape index (κ2) is 6.20. The third kappa shape index (κ3) is 4.82. The molecule has 1 N–H and O–H groups in total. The van der Waals surface area contributed by atoms with Crippen LogP contribution in [0.5, 0.6) is 0 Å². The lowest BCUT2D eigenvalue weighted by atomic mass is 9.99. The zero-order valence-corrected chi connectivity index (χ0v) is 7.18. The van der Waals surface area contributed by atoms with Crippen molar-refractivity contribution in [1.82, 2.24) is 0 Å². The summed E-state index contributed by atoms with van der Waals surface area (Å²) in [7, 11) is 0. The number of rotatable bonds is 6. The van der Waals surface area contributed by atoms with Gasteiger partial charge in [0.2, 0.25) is 0 Å². The molecule has 11 heavy (non-hydrogen) atoms. The van der Waals surface area contributed by atoms with Crippen LogP contribution in [0, 0.1) is 12.8 Å². The SMILES string of the molecule is [CH2]CC(CCCCC)C(=O)O. The van der Waals surface area contributed by atoms with Gasteiger partial charge in [0.25, 0.3) is 0 Å². The monoisotopic (exact) mass is 157 g/mol. The highest BCUT2D eigenvalue weighted by molar-refractivity contribution is 5.69. The van der Waals surface area contributed by atoms with Gasteiger partial charge in [0.05, 0.1) is 5.92 Å². The van der Waals surface area contributed by atoms with Crippen LogP contribution in [0.3, 0.4) is 0 Å². The molecular weight excluding hydrogens is 140 g/mol. The molecule has 0 heterocycles.